The molecule has 0 aliphatic rings. The van der Waals surface area contributed by atoms with Gasteiger partial charge in [-0.3, -0.25) is 14.4 Å². The number of thioether (sulfide) groups is 1. The standard InChI is InChI=1S/C32H28ClN3O4S/c1-21(30(37)35-27-13-6-7-14-29(27)40-2)41-26-12-8-11-25(20-26)34-32(39)28(19-22-15-17-24(33)18-16-22)36-31(38)23-9-4-3-5-10-23/h3-21H,1-2H3,(H,34,39)(H,35,37)(H,36,38)/b28-19-. The molecule has 4 aromatic carbocycles. The lowest BCUT2D eigenvalue weighted by atomic mass is 10.1. The molecule has 0 saturated carbocycles. The van der Waals surface area contributed by atoms with Crippen molar-refractivity contribution in [3.05, 3.63) is 125 Å². The predicted molar refractivity (Wildman–Crippen MR) is 165 cm³/mol. The lowest BCUT2D eigenvalue weighted by molar-refractivity contribution is -0.115. The molecule has 7 nitrogen and oxygen atoms in total. The first kappa shape index (κ1) is 29.5. The minimum absolute atomic E-state index is 0.0591. The Labute approximate surface area is 248 Å². The fourth-order valence-corrected chi connectivity index (χ4v) is 4.81. The normalized spacial score (nSPS) is 11.7. The van der Waals surface area contributed by atoms with E-state index in [2.05, 4.69) is 16.0 Å². The van der Waals surface area contributed by atoms with Crippen LogP contribution in [0.5, 0.6) is 5.75 Å². The molecule has 0 saturated heterocycles. The van der Waals surface area contributed by atoms with Crippen molar-refractivity contribution < 1.29 is 19.1 Å². The summed E-state index contributed by atoms with van der Waals surface area (Å²) in [6.45, 7) is 1.80. The summed E-state index contributed by atoms with van der Waals surface area (Å²) in [4.78, 5) is 39.8. The number of methoxy groups -OCH3 is 1. The fourth-order valence-electron chi connectivity index (χ4n) is 3.75. The summed E-state index contributed by atoms with van der Waals surface area (Å²) in [6, 6.07) is 29.9. The van der Waals surface area contributed by atoms with Gasteiger partial charge in [-0.1, -0.05) is 60.1 Å². The van der Waals surface area contributed by atoms with Crippen LogP contribution in [0, 0.1) is 0 Å². The number of carbonyl (C=O) groups excluding carboxylic acids is 3. The van der Waals surface area contributed by atoms with Crippen LogP contribution in [-0.2, 0) is 9.59 Å². The van der Waals surface area contributed by atoms with Gasteiger partial charge in [-0.05, 0) is 73.2 Å². The molecule has 0 aromatic heterocycles. The van der Waals surface area contributed by atoms with Crippen molar-refractivity contribution in [2.75, 3.05) is 17.7 Å². The van der Waals surface area contributed by atoms with Crippen LogP contribution in [0.2, 0.25) is 5.02 Å². The summed E-state index contributed by atoms with van der Waals surface area (Å²) in [5.41, 5.74) is 2.26. The van der Waals surface area contributed by atoms with E-state index in [1.807, 2.05) is 24.3 Å². The average Bonchev–Trinajstić information content (AvgIpc) is 2.98. The SMILES string of the molecule is COc1ccccc1NC(=O)C(C)Sc1cccc(NC(=O)/C(=C/c2ccc(Cl)cc2)NC(=O)c2ccccc2)c1. The highest BCUT2D eigenvalue weighted by atomic mass is 35.5. The second-order valence-electron chi connectivity index (χ2n) is 8.86. The lowest BCUT2D eigenvalue weighted by Crippen LogP contribution is -2.30. The van der Waals surface area contributed by atoms with Gasteiger partial charge in [-0.25, -0.2) is 0 Å². The van der Waals surface area contributed by atoms with Crippen LogP contribution in [0.3, 0.4) is 0 Å². The van der Waals surface area contributed by atoms with Crippen molar-refractivity contribution >= 4 is 58.5 Å². The number of halogens is 1. The van der Waals surface area contributed by atoms with Crippen LogP contribution in [-0.4, -0.2) is 30.1 Å². The van der Waals surface area contributed by atoms with Gasteiger partial charge in [-0.2, -0.15) is 0 Å². The lowest BCUT2D eigenvalue weighted by Gasteiger charge is -2.15. The summed E-state index contributed by atoms with van der Waals surface area (Å²) in [5.74, 6) is -0.538. The maximum Gasteiger partial charge on any atom is 0.272 e. The number of amides is 3. The second-order valence-corrected chi connectivity index (χ2v) is 10.7. The van der Waals surface area contributed by atoms with Crippen molar-refractivity contribution in [2.45, 2.75) is 17.1 Å². The maximum atomic E-state index is 13.4. The maximum absolute atomic E-state index is 13.4. The number of nitrogens with one attached hydrogen (secondary N) is 3. The number of rotatable bonds is 10. The van der Waals surface area contributed by atoms with Crippen molar-refractivity contribution in [3.63, 3.8) is 0 Å². The molecule has 0 aliphatic heterocycles. The van der Waals surface area contributed by atoms with Gasteiger partial charge in [-0.15, -0.1) is 11.8 Å². The number of benzene rings is 4. The van der Waals surface area contributed by atoms with Crippen LogP contribution < -0.4 is 20.7 Å². The Morgan fingerprint density at radius 2 is 1.56 bits per heavy atom. The summed E-state index contributed by atoms with van der Waals surface area (Å²) in [7, 11) is 1.55. The molecule has 9 heteroatoms. The molecular formula is C32H28ClN3O4S. The molecule has 0 radical (unpaired) electrons. The molecule has 0 fully saturated rings. The van der Waals surface area contributed by atoms with Crippen molar-refractivity contribution in [2.24, 2.45) is 0 Å². The van der Waals surface area contributed by atoms with E-state index in [1.165, 1.54) is 11.8 Å². The van der Waals surface area contributed by atoms with Gasteiger partial charge in [0.15, 0.2) is 0 Å². The zero-order valence-electron chi connectivity index (χ0n) is 22.4. The number of hydrogen-bond donors (Lipinski definition) is 3. The Morgan fingerprint density at radius 3 is 2.29 bits per heavy atom. The first-order valence-corrected chi connectivity index (χ1v) is 13.9. The predicted octanol–water partition coefficient (Wildman–Crippen LogP) is 6.88. The van der Waals surface area contributed by atoms with Crippen LogP contribution >= 0.6 is 23.4 Å². The molecule has 41 heavy (non-hydrogen) atoms. The zero-order chi connectivity index (χ0) is 29.2. The minimum Gasteiger partial charge on any atom is -0.495 e. The van der Waals surface area contributed by atoms with E-state index in [1.54, 1.807) is 99.0 Å². The van der Waals surface area contributed by atoms with Crippen LogP contribution in [0.1, 0.15) is 22.8 Å². The highest BCUT2D eigenvalue weighted by Gasteiger charge is 2.18. The molecule has 0 aliphatic carbocycles. The molecule has 3 amide bonds. The zero-order valence-corrected chi connectivity index (χ0v) is 24.0. The van der Waals surface area contributed by atoms with Crippen LogP contribution in [0.15, 0.2) is 114 Å². The Morgan fingerprint density at radius 1 is 0.854 bits per heavy atom. The highest BCUT2D eigenvalue weighted by Crippen LogP contribution is 2.29. The van der Waals surface area contributed by atoms with E-state index in [4.69, 9.17) is 16.3 Å². The summed E-state index contributed by atoms with van der Waals surface area (Å²) in [6.07, 6.45) is 1.58. The first-order valence-electron chi connectivity index (χ1n) is 12.7. The molecule has 0 spiro atoms. The van der Waals surface area contributed by atoms with E-state index in [-0.39, 0.29) is 11.6 Å². The Bertz CT molecular complexity index is 1560. The molecule has 1 unspecified atom stereocenters. The molecule has 1 atom stereocenters. The van der Waals surface area contributed by atoms with Crippen molar-refractivity contribution in [3.8, 4) is 5.75 Å². The third-order valence-electron chi connectivity index (χ3n) is 5.85. The molecule has 4 aromatic rings. The van der Waals surface area contributed by atoms with E-state index < -0.39 is 17.1 Å². The topological polar surface area (TPSA) is 96.5 Å². The largest absolute Gasteiger partial charge is 0.495 e. The van der Waals surface area contributed by atoms with Gasteiger partial charge in [0.25, 0.3) is 11.8 Å². The summed E-state index contributed by atoms with van der Waals surface area (Å²) < 4.78 is 5.31. The number of ether oxygens (including phenoxy) is 1. The van der Waals surface area contributed by atoms with Gasteiger partial charge >= 0.3 is 0 Å². The number of carbonyl (C=O) groups is 3. The van der Waals surface area contributed by atoms with E-state index in [0.717, 1.165) is 4.90 Å². The van der Waals surface area contributed by atoms with Gasteiger partial charge in [0.2, 0.25) is 5.91 Å². The smallest absolute Gasteiger partial charge is 0.272 e. The average molecular weight is 586 g/mol. The number of hydrogen-bond acceptors (Lipinski definition) is 5. The minimum atomic E-state index is -0.506. The van der Waals surface area contributed by atoms with Crippen molar-refractivity contribution in [1.82, 2.24) is 5.32 Å². The second kappa shape index (κ2) is 14.2. The molecule has 0 bridgehead atoms. The Kier molecular flexibility index (Phi) is 10.2. The van der Waals surface area contributed by atoms with E-state index in [0.29, 0.717) is 33.3 Å². The van der Waals surface area contributed by atoms with Crippen LogP contribution in [0.25, 0.3) is 6.08 Å². The molecule has 4 rings (SSSR count). The summed E-state index contributed by atoms with van der Waals surface area (Å²) >= 11 is 7.35. The quantitative estimate of drug-likeness (QED) is 0.139. The van der Waals surface area contributed by atoms with Gasteiger partial charge < -0.3 is 20.7 Å². The first-order chi connectivity index (χ1) is 19.8. The fraction of sp³-hybridized carbons (Fsp3) is 0.0938. The third-order valence-corrected chi connectivity index (χ3v) is 7.19. The monoisotopic (exact) mass is 585 g/mol. The molecule has 3 N–H and O–H groups in total. The van der Waals surface area contributed by atoms with Gasteiger partial charge in [0, 0.05) is 21.2 Å². The number of anilines is 2. The molecular weight excluding hydrogens is 558 g/mol. The third kappa shape index (κ3) is 8.48. The van der Waals surface area contributed by atoms with Crippen molar-refractivity contribution in [1.29, 1.82) is 0 Å². The van der Waals surface area contributed by atoms with E-state index in [9.17, 15) is 14.4 Å². The van der Waals surface area contributed by atoms with E-state index >= 15 is 0 Å². The van der Waals surface area contributed by atoms with Gasteiger partial charge in [0.1, 0.15) is 11.4 Å². The molecule has 208 valence electrons. The van der Waals surface area contributed by atoms with Crippen LogP contribution in [0.4, 0.5) is 11.4 Å². The Balaban J connectivity index is 1.48. The molecule has 0 heterocycles. The Hall–Kier alpha value is -4.53. The summed E-state index contributed by atoms with van der Waals surface area (Å²) in [5, 5.41) is 8.58. The highest BCUT2D eigenvalue weighted by molar-refractivity contribution is 8.00. The number of para-hydroxylation sites is 2. The van der Waals surface area contributed by atoms with Gasteiger partial charge in [0.05, 0.1) is 18.0 Å².